The van der Waals surface area contributed by atoms with Crippen molar-refractivity contribution in [1.29, 1.82) is 0 Å². The van der Waals surface area contributed by atoms with Crippen LogP contribution in [0.4, 0.5) is 0 Å². The van der Waals surface area contributed by atoms with Crippen molar-refractivity contribution in [2.24, 2.45) is 5.92 Å². The summed E-state index contributed by atoms with van der Waals surface area (Å²) in [5, 5.41) is 0.858. The molecule has 3 nitrogen and oxygen atoms in total. The second-order valence-corrected chi connectivity index (χ2v) is 5.90. The maximum Gasteiger partial charge on any atom is 0.341 e. The highest BCUT2D eigenvalue weighted by molar-refractivity contribution is 6.42. The number of methoxy groups -OCH3 is 1. The Morgan fingerprint density at radius 1 is 1.37 bits per heavy atom. The molecule has 1 aromatic carbocycles. The molecule has 2 atom stereocenters. The Morgan fingerprint density at radius 3 is 2.53 bits per heavy atom. The van der Waals surface area contributed by atoms with Crippen molar-refractivity contribution in [2.45, 2.75) is 32.0 Å². The number of rotatable bonds is 3. The summed E-state index contributed by atoms with van der Waals surface area (Å²) >= 11 is 12.3. The van der Waals surface area contributed by atoms with Crippen LogP contribution in [0.25, 0.3) is 0 Å². The lowest BCUT2D eigenvalue weighted by Gasteiger charge is -2.19. The summed E-state index contributed by atoms with van der Waals surface area (Å²) in [6.45, 7) is 5.67. The van der Waals surface area contributed by atoms with E-state index < -0.39 is 11.2 Å². The molecule has 0 radical (unpaired) electrons. The first-order chi connectivity index (χ1) is 8.81. The highest BCUT2D eigenvalue weighted by Gasteiger charge is 2.75. The highest BCUT2D eigenvalue weighted by atomic mass is 35.5. The number of benzene rings is 1. The molecule has 1 saturated heterocycles. The number of epoxide rings is 1. The quantitative estimate of drug-likeness (QED) is 0.629. The van der Waals surface area contributed by atoms with Crippen LogP contribution in [-0.4, -0.2) is 18.7 Å². The Morgan fingerprint density at radius 2 is 2.00 bits per heavy atom. The number of halogens is 2. The van der Waals surface area contributed by atoms with Gasteiger partial charge in [0.15, 0.2) is 0 Å². The van der Waals surface area contributed by atoms with E-state index >= 15 is 0 Å². The Bertz CT molecular complexity index is 529. The fourth-order valence-corrected chi connectivity index (χ4v) is 3.20. The highest BCUT2D eigenvalue weighted by Crippen LogP contribution is 2.61. The van der Waals surface area contributed by atoms with Gasteiger partial charge < -0.3 is 9.47 Å². The van der Waals surface area contributed by atoms with Crippen molar-refractivity contribution in [3.8, 4) is 0 Å². The zero-order valence-corrected chi connectivity index (χ0v) is 12.8. The van der Waals surface area contributed by atoms with Crippen LogP contribution in [0.2, 0.25) is 10.0 Å². The maximum atomic E-state index is 12.1. The Hall–Kier alpha value is -0.770. The number of carbonyl (C=O) groups is 1. The van der Waals surface area contributed by atoms with E-state index in [0.29, 0.717) is 15.6 Å². The number of ether oxygens (including phenoxy) is 2. The lowest BCUT2D eigenvalue weighted by atomic mass is 9.80. The van der Waals surface area contributed by atoms with E-state index in [9.17, 15) is 4.79 Å². The van der Waals surface area contributed by atoms with Crippen molar-refractivity contribution >= 4 is 29.2 Å². The molecular formula is C14H16Cl2O3. The molecule has 0 amide bonds. The van der Waals surface area contributed by atoms with E-state index in [4.69, 9.17) is 32.7 Å². The minimum atomic E-state index is -1.00. The van der Waals surface area contributed by atoms with Crippen LogP contribution >= 0.6 is 23.2 Å². The second-order valence-electron chi connectivity index (χ2n) is 5.12. The van der Waals surface area contributed by atoms with Crippen LogP contribution in [0, 0.1) is 5.92 Å². The lowest BCUT2D eigenvalue weighted by molar-refractivity contribution is -0.148. The van der Waals surface area contributed by atoms with E-state index in [0.717, 1.165) is 0 Å². The van der Waals surface area contributed by atoms with Gasteiger partial charge in [-0.25, -0.2) is 4.79 Å². The number of carbonyl (C=O) groups excluding carboxylic acids is 1. The molecule has 1 aromatic rings. The molecule has 104 valence electrons. The summed E-state index contributed by atoms with van der Waals surface area (Å²) in [5.74, 6) is -0.430. The number of esters is 1. The molecule has 0 N–H and O–H groups in total. The standard InChI is InChI=1S/C14H16Cl2O3/c1-8(2)14(12(17)18-4)13(3,19-14)9-6-5-7-10(15)11(9)16/h5-8H,1-4H3. The lowest BCUT2D eigenvalue weighted by Crippen LogP contribution is -2.37. The molecule has 2 rings (SSSR count). The van der Waals surface area contributed by atoms with Crippen LogP contribution in [0.5, 0.6) is 0 Å². The second kappa shape index (κ2) is 4.65. The van der Waals surface area contributed by atoms with Crippen LogP contribution < -0.4 is 0 Å². The summed E-state index contributed by atoms with van der Waals surface area (Å²) in [4.78, 5) is 12.1. The molecule has 1 aliphatic heterocycles. The van der Waals surface area contributed by atoms with E-state index in [-0.39, 0.29) is 11.9 Å². The van der Waals surface area contributed by atoms with Gasteiger partial charge in [0.25, 0.3) is 0 Å². The van der Waals surface area contributed by atoms with E-state index in [1.54, 1.807) is 12.1 Å². The zero-order chi connectivity index (χ0) is 14.4. The summed E-state index contributed by atoms with van der Waals surface area (Å²) < 4.78 is 10.7. The van der Waals surface area contributed by atoms with Crippen LogP contribution in [0.15, 0.2) is 18.2 Å². The van der Waals surface area contributed by atoms with Crippen LogP contribution in [0.1, 0.15) is 26.3 Å². The predicted molar refractivity (Wildman–Crippen MR) is 74.5 cm³/mol. The van der Waals surface area contributed by atoms with E-state index in [1.807, 2.05) is 26.8 Å². The first-order valence-electron chi connectivity index (χ1n) is 6.04. The maximum absolute atomic E-state index is 12.1. The summed E-state index contributed by atoms with van der Waals surface area (Å²) in [7, 11) is 1.36. The van der Waals surface area contributed by atoms with Crippen LogP contribution in [0.3, 0.4) is 0 Å². The predicted octanol–water partition coefficient (Wildman–Crippen LogP) is 3.81. The molecule has 1 aliphatic rings. The molecule has 19 heavy (non-hydrogen) atoms. The first-order valence-corrected chi connectivity index (χ1v) is 6.80. The molecule has 1 fully saturated rings. The fourth-order valence-electron chi connectivity index (χ4n) is 2.72. The average molecular weight is 303 g/mol. The topological polar surface area (TPSA) is 38.8 Å². The van der Waals surface area contributed by atoms with Crippen molar-refractivity contribution in [3.63, 3.8) is 0 Å². The van der Waals surface area contributed by atoms with Crippen molar-refractivity contribution < 1.29 is 14.3 Å². The SMILES string of the molecule is COC(=O)C1(C(C)C)OC1(C)c1cccc(Cl)c1Cl. The smallest absolute Gasteiger partial charge is 0.341 e. The van der Waals surface area contributed by atoms with Gasteiger partial charge in [0.1, 0.15) is 5.60 Å². The summed E-state index contributed by atoms with van der Waals surface area (Å²) in [6, 6.07) is 5.31. The van der Waals surface area contributed by atoms with Gasteiger partial charge >= 0.3 is 5.97 Å². The average Bonchev–Trinajstić information content (AvgIpc) is 3.01. The van der Waals surface area contributed by atoms with Crippen molar-refractivity contribution in [3.05, 3.63) is 33.8 Å². The third-order valence-electron chi connectivity index (χ3n) is 3.80. The molecule has 0 aromatic heterocycles. The van der Waals surface area contributed by atoms with Crippen LogP contribution in [-0.2, 0) is 19.9 Å². The summed E-state index contributed by atoms with van der Waals surface area (Å²) in [6.07, 6.45) is 0. The normalized spacial score (nSPS) is 29.4. The molecule has 0 saturated carbocycles. The van der Waals surface area contributed by atoms with Gasteiger partial charge in [-0.1, -0.05) is 49.2 Å². The van der Waals surface area contributed by atoms with E-state index in [1.165, 1.54) is 7.11 Å². The fraction of sp³-hybridized carbons (Fsp3) is 0.500. The Labute approximate surface area is 122 Å². The molecule has 0 bridgehead atoms. The molecule has 0 aliphatic carbocycles. The third kappa shape index (κ3) is 1.87. The Balaban J connectivity index is 2.52. The van der Waals surface area contributed by atoms with Gasteiger partial charge in [0, 0.05) is 5.56 Å². The molecule has 5 heteroatoms. The molecule has 0 spiro atoms. The Kier molecular flexibility index (Phi) is 3.58. The third-order valence-corrected chi connectivity index (χ3v) is 4.62. The van der Waals surface area contributed by atoms with Gasteiger partial charge in [0.2, 0.25) is 5.60 Å². The van der Waals surface area contributed by atoms with Gasteiger partial charge in [-0.2, -0.15) is 0 Å². The largest absolute Gasteiger partial charge is 0.467 e. The number of hydrogen-bond acceptors (Lipinski definition) is 3. The monoisotopic (exact) mass is 302 g/mol. The zero-order valence-electron chi connectivity index (χ0n) is 11.3. The molecule has 2 unspecified atom stereocenters. The minimum Gasteiger partial charge on any atom is -0.467 e. The molecule has 1 heterocycles. The van der Waals surface area contributed by atoms with Gasteiger partial charge in [-0.15, -0.1) is 0 Å². The van der Waals surface area contributed by atoms with Crippen molar-refractivity contribution in [2.75, 3.05) is 7.11 Å². The first kappa shape index (κ1) is 14.6. The molecular weight excluding hydrogens is 287 g/mol. The number of hydrogen-bond donors (Lipinski definition) is 0. The van der Waals surface area contributed by atoms with Crippen molar-refractivity contribution in [1.82, 2.24) is 0 Å². The summed E-state index contributed by atoms with van der Waals surface area (Å²) in [5.41, 5.74) is -1.10. The van der Waals surface area contributed by atoms with Gasteiger partial charge in [0.05, 0.1) is 17.2 Å². The van der Waals surface area contributed by atoms with Gasteiger partial charge in [-0.3, -0.25) is 0 Å². The van der Waals surface area contributed by atoms with E-state index in [2.05, 4.69) is 0 Å². The van der Waals surface area contributed by atoms with Gasteiger partial charge in [-0.05, 0) is 18.9 Å². The minimum absolute atomic E-state index is 0.0417.